The third kappa shape index (κ3) is 6.25. The van der Waals surface area contributed by atoms with Crippen LogP contribution in [0, 0.1) is 0 Å². The summed E-state index contributed by atoms with van der Waals surface area (Å²) in [4.78, 5) is 0. The van der Waals surface area contributed by atoms with Crippen molar-refractivity contribution >= 4 is 0 Å². The summed E-state index contributed by atoms with van der Waals surface area (Å²) in [5.41, 5.74) is 5.32. The summed E-state index contributed by atoms with van der Waals surface area (Å²) >= 11 is 0. The highest BCUT2D eigenvalue weighted by Gasteiger charge is 2.02. The molecule has 0 bridgehead atoms. The first kappa shape index (κ1) is 18.0. The third-order valence-electron chi connectivity index (χ3n) is 4.50. The molecule has 0 atom stereocenters. The molecule has 0 heterocycles. The molecule has 3 aromatic rings. The maximum absolute atomic E-state index is 5.90. The Bertz CT molecular complexity index is 731. The number of aryl methyl sites for hydroxylation is 2. The Morgan fingerprint density at radius 1 is 0.577 bits per heavy atom. The first-order chi connectivity index (χ1) is 12.9. The van der Waals surface area contributed by atoms with E-state index < -0.39 is 0 Å². The van der Waals surface area contributed by atoms with Crippen LogP contribution in [0.1, 0.15) is 29.5 Å². The molecular formula is C25H26O. The summed E-state index contributed by atoms with van der Waals surface area (Å²) < 4.78 is 5.90. The van der Waals surface area contributed by atoms with Gasteiger partial charge in [-0.05, 0) is 47.9 Å². The summed E-state index contributed by atoms with van der Waals surface area (Å²) in [6.45, 7) is 0.626. The molecule has 1 heteroatoms. The Morgan fingerprint density at radius 3 is 1.46 bits per heavy atom. The van der Waals surface area contributed by atoms with Gasteiger partial charge in [0.1, 0.15) is 6.61 Å². The number of rotatable bonds is 9. The van der Waals surface area contributed by atoms with Gasteiger partial charge in [0, 0.05) is 0 Å². The minimum atomic E-state index is 0.626. The van der Waals surface area contributed by atoms with Gasteiger partial charge in [0.25, 0.3) is 0 Å². The van der Waals surface area contributed by atoms with Gasteiger partial charge in [-0.25, -0.2) is 0 Å². The zero-order valence-corrected chi connectivity index (χ0v) is 15.2. The second-order valence-electron chi connectivity index (χ2n) is 6.54. The van der Waals surface area contributed by atoms with Crippen molar-refractivity contribution in [3.05, 3.63) is 120 Å². The van der Waals surface area contributed by atoms with Crippen molar-refractivity contribution in [3.63, 3.8) is 0 Å². The van der Waals surface area contributed by atoms with Crippen LogP contribution in [0.2, 0.25) is 0 Å². The Labute approximate surface area is 157 Å². The molecule has 0 aliphatic carbocycles. The average molecular weight is 342 g/mol. The number of hydrogen-bond donors (Lipinski definition) is 0. The van der Waals surface area contributed by atoms with E-state index in [1.807, 2.05) is 24.5 Å². The van der Waals surface area contributed by atoms with Crippen molar-refractivity contribution in [1.29, 1.82) is 0 Å². The molecule has 0 saturated heterocycles. The fourth-order valence-electron chi connectivity index (χ4n) is 2.97. The molecule has 0 aliphatic rings. The van der Waals surface area contributed by atoms with Crippen molar-refractivity contribution in [3.8, 4) is 0 Å². The second kappa shape index (κ2) is 10.2. The number of allylic oxidation sites excluding steroid dienone is 1. The van der Waals surface area contributed by atoms with E-state index in [0.29, 0.717) is 6.61 Å². The fraction of sp³-hybridized carbons (Fsp3) is 0.200. The molecule has 3 aromatic carbocycles. The number of ether oxygens (including phenoxy) is 1. The lowest BCUT2D eigenvalue weighted by atomic mass is 9.99. The monoisotopic (exact) mass is 342 g/mol. The van der Waals surface area contributed by atoms with Crippen LogP contribution >= 0.6 is 0 Å². The fourth-order valence-corrected chi connectivity index (χ4v) is 2.97. The average Bonchev–Trinajstić information content (AvgIpc) is 2.72. The molecule has 0 unspecified atom stereocenters. The lowest BCUT2D eigenvalue weighted by Crippen LogP contribution is -1.95. The van der Waals surface area contributed by atoms with Gasteiger partial charge < -0.3 is 4.74 Å². The summed E-state index contributed by atoms with van der Waals surface area (Å²) in [7, 11) is 0. The van der Waals surface area contributed by atoms with E-state index in [1.54, 1.807) is 0 Å². The van der Waals surface area contributed by atoms with Crippen molar-refractivity contribution in [2.75, 3.05) is 0 Å². The summed E-state index contributed by atoms with van der Waals surface area (Å²) in [5.74, 6) is 0. The third-order valence-corrected chi connectivity index (χ3v) is 4.50. The van der Waals surface area contributed by atoms with Crippen molar-refractivity contribution < 1.29 is 4.74 Å². The van der Waals surface area contributed by atoms with Gasteiger partial charge in [-0.2, -0.15) is 0 Å². The highest BCUT2D eigenvalue weighted by Crippen LogP contribution is 2.16. The Balaban J connectivity index is 1.58. The number of benzene rings is 3. The predicted molar refractivity (Wildman–Crippen MR) is 109 cm³/mol. The summed E-state index contributed by atoms with van der Waals surface area (Å²) in [5, 5.41) is 0. The molecule has 0 radical (unpaired) electrons. The van der Waals surface area contributed by atoms with Crippen LogP contribution in [0.5, 0.6) is 0 Å². The van der Waals surface area contributed by atoms with Crippen molar-refractivity contribution in [1.82, 2.24) is 0 Å². The molecule has 0 aromatic heterocycles. The van der Waals surface area contributed by atoms with E-state index in [4.69, 9.17) is 4.74 Å². The lowest BCUT2D eigenvalue weighted by molar-refractivity contribution is 0.232. The van der Waals surface area contributed by atoms with E-state index in [9.17, 15) is 0 Å². The van der Waals surface area contributed by atoms with Crippen LogP contribution in [-0.2, 0) is 24.2 Å². The van der Waals surface area contributed by atoms with E-state index in [0.717, 1.165) is 25.7 Å². The Morgan fingerprint density at radius 2 is 1.00 bits per heavy atom. The maximum Gasteiger partial charge on any atom is 0.112 e. The molecule has 0 N–H and O–H groups in total. The highest BCUT2D eigenvalue weighted by molar-refractivity contribution is 5.19. The number of hydrogen-bond acceptors (Lipinski definition) is 1. The molecular weight excluding hydrogens is 316 g/mol. The van der Waals surface area contributed by atoms with Gasteiger partial charge in [0.05, 0.1) is 6.26 Å². The molecule has 3 rings (SSSR count). The molecule has 0 aliphatic heterocycles. The van der Waals surface area contributed by atoms with Crippen LogP contribution < -0.4 is 0 Å². The highest BCUT2D eigenvalue weighted by atomic mass is 16.5. The van der Waals surface area contributed by atoms with Crippen molar-refractivity contribution in [2.45, 2.75) is 32.3 Å². The molecule has 26 heavy (non-hydrogen) atoms. The minimum Gasteiger partial charge on any atom is -0.497 e. The zero-order chi connectivity index (χ0) is 17.9. The lowest BCUT2D eigenvalue weighted by Gasteiger charge is -2.10. The first-order valence-corrected chi connectivity index (χ1v) is 9.31. The molecule has 0 amide bonds. The topological polar surface area (TPSA) is 9.23 Å². The Hall–Kier alpha value is -2.80. The summed E-state index contributed by atoms with van der Waals surface area (Å²) in [6.07, 6.45) is 6.16. The zero-order valence-electron chi connectivity index (χ0n) is 15.2. The normalized spacial score (nSPS) is 10.3. The van der Waals surface area contributed by atoms with E-state index in [2.05, 4.69) is 72.8 Å². The maximum atomic E-state index is 5.90. The predicted octanol–water partition coefficient (Wildman–Crippen LogP) is 6.35. The quantitative estimate of drug-likeness (QED) is 0.412. The SMILES string of the molecule is C(OCc1ccccc1)=C(CCc1ccccc1)CCc1ccccc1. The van der Waals surface area contributed by atoms with Crippen LogP contribution in [0.25, 0.3) is 0 Å². The van der Waals surface area contributed by atoms with E-state index in [1.165, 1.54) is 22.3 Å². The second-order valence-corrected chi connectivity index (χ2v) is 6.54. The standard InChI is InChI=1S/C25H26O/c1-4-10-22(11-5-1)16-18-25(19-17-23-12-6-2-7-13-23)21-26-20-24-14-8-3-9-15-24/h1-15,21H,16-20H2. The van der Waals surface area contributed by atoms with Gasteiger partial charge in [-0.15, -0.1) is 0 Å². The van der Waals surface area contributed by atoms with Gasteiger partial charge in [-0.3, -0.25) is 0 Å². The molecule has 0 saturated carbocycles. The summed E-state index contributed by atoms with van der Waals surface area (Å²) in [6, 6.07) is 31.7. The van der Waals surface area contributed by atoms with E-state index >= 15 is 0 Å². The van der Waals surface area contributed by atoms with Crippen molar-refractivity contribution in [2.24, 2.45) is 0 Å². The molecule has 0 fully saturated rings. The minimum absolute atomic E-state index is 0.626. The largest absolute Gasteiger partial charge is 0.497 e. The van der Waals surface area contributed by atoms with Crippen LogP contribution in [0.3, 0.4) is 0 Å². The molecule has 1 nitrogen and oxygen atoms in total. The van der Waals surface area contributed by atoms with Gasteiger partial charge in [-0.1, -0.05) is 91.0 Å². The van der Waals surface area contributed by atoms with E-state index in [-0.39, 0.29) is 0 Å². The Kier molecular flexibility index (Phi) is 7.10. The first-order valence-electron chi connectivity index (χ1n) is 9.31. The van der Waals surface area contributed by atoms with Crippen LogP contribution in [0.4, 0.5) is 0 Å². The molecule has 0 spiro atoms. The van der Waals surface area contributed by atoms with Crippen LogP contribution in [0.15, 0.2) is 103 Å². The molecule has 132 valence electrons. The smallest absolute Gasteiger partial charge is 0.112 e. The van der Waals surface area contributed by atoms with Gasteiger partial charge >= 0.3 is 0 Å². The van der Waals surface area contributed by atoms with Gasteiger partial charge in [0.2, 0.25) is 0 Å². The van der Waals surface area contributed by atoms with Gasteiger partial charge in [0.15, 0.2) is 0 Å². The van der Waals surface area contributed by atoms with Crippen LogP contribution in [-0.4, -0.2) is 0 Å².